The number of aryl methyl sites for hydroxylation is 3. The van der Waals surface area contributed by atoms with Crippen LogP contribution < -0.4 is 5.32 Å². The molecule has 1 N–H and O–H groups in total. The van der Waals surface area contributed by atoms with E-state index >= 15 is 0 Å². The number of carbonyl (C=O) groups excluding carboxylic acids is 1. The lowest BCUT2D eigenvalue weighted by atomic mass is 9.96. The van der Waals surface area contributed by atoms with Gasteiger partial charge in [-0.25, -0.2) is 13.2 Å². The van der Waals surface area contributed by atoms with E-state index in [4.69, 9.17) is 0 Å². The van der Waals surface area contributed by atoms with Crippen LogP contribution in [0.4, 0.5) is 13.2 Å². The van der Waals surface area contributed by atoms with Crippen LogP contribution in [0.15, 0.2) is 24.3 Å². The van der Waals surface area contributed by atoms with Crippen molar-refractivity contribution in [3.8, 4) is 0 Å². The van der Waals surface area contributed by atoms with Gasteiger partial charge in [-0.3, -0.25) is 4.79 Å². The van der Waals surface area contributed by atoms with Crippen LogP contribution in [0.3, 0.4) is 0 Å². The zero-order valence-electron chi connectivity index (χ0n) is 13.4. The molecular formula is C18H18F3NO. The van der Waals surface area contributed by atoms with Gasteiger partial charge in [-0.1, -0.05) is 12.1 Å². The number of benzene rings is 2. The van der Waals surface area contributed by atoms with E-state index in [1.54, 1.807) is 6.92 Å². The molecular weight excluding hydrogens is 303 g/mol. The van der Waals surface area contributed by atoms with Gasteiger partial charge < -0.3 is 5.32 Å². The summed E-state index contributed by atoms with van der Waals surface area (Å²) in [6.07, 6.45) is 0. The number of halogens is 3. The minimum absolute atomic E-state index is 0.394. The van der Waals surface area contributed by atoms with Gasteiger partial charge in [0.2, 0.25) is 0 Å². The number of rotatable bonds is 3. The minimum Gasteiger partial charge on any atom is -0.345 e. The van der Waals surface area contributed by atoms with Crippen LogP contribution >= 0.6 is 0 Å². The van der Waals surface area contributed by atoms with Gasteiger partial charge in [-0.15, -0.1) is 0 Å². The molecule has 23 heavy (non-hydrogen) atoms. The van der Waals surface area contributed by atoms with Crippen LogP contribution in [0.5, 0.6) is 0 Å². The average molecular weight is 321 g/mol. The molecule has 0 heterocycles. The highest BCUT2D eigenvalue weighted by atomic mass is 19.2. The zero-order chi connectivity index (χ0) is 17.3. The summed E-state index contributed by atoms with van der Waals surface area (Å²) in [5.74, 6) is -5.23. The van der Waals surface area contributed by atoms with Crippen molar-refractivity contribution in [3.05, 3.63) is 69.5 Å². The van der Waals surface area contributed by atoms with E-state index in [-0.39, 0.29) is 0 Å². The highest BCUT2D eigenvalue weighted by molar-refractivity contribution is 5.94. The fourth-order valence-corrected chi connectivity index (χ4v) is 2.50. The molecule has 0 saturated carbocycles. The van der Waals surface area contributed by atoms with Crippen molar-refractivity contribution < 1.29 is 18.0 Å². The Morgan fingerprint density at radius 1 is 0.957 bits per heavy atom. The van der Waals surface area contributed by atoms with Gasteiger partial charge >= 0.3 is 0 Å². The molecule has 0 spiro atoms. The summed E-state index contributed by atoms with van der Waals surface area (Å²) < 4.78 is 39.9. The van der Waals surface area contributed by atoms with Gasteiger partial charge in [0.15, 0.2) is 17.5 Å². The van der Waals surface area contributed by atoms with E-state index in [0.29, 0.717) is 0 Å². The Kier molecular flexibility index (Phi) is 4.78. The third-order valence-electron chi connectivity index (χ3n) is 3.98. The molecule has 0 bridgehead atoms. The first-order chi connectivity index (χ1) is 10.7. The molecule has 0 unspecified atom stereocenters. The molecule has 0 radical (unpaired) electrons. The summed E-state index contributed by atoms with van der Waals surface area (Å²) in [5.41, 5.74) is 3.58. The van der Waals surface area contributed by atoms with Crippen molar-refractivity contribution in [2.24, 2.45) is 0 Å². The molecule has 2 rings (SSSR count). The first-order valence-electron chi connectivity index (χ1n) is 7.24. The van der Waals surface area contributed by atoms with Crippen molar-refractivity contribution in [2.75, 3.05) is 0 Å². The van der Waals surface area contributed by atoms with Crippen molar-refractivity contribution >= 4 is 5.91 Å². The Balaban J connectivity index is 2.27. The predicted octanol–water partition coefficient (Wildman–Crippen LogP) is 4.52. The largest absolute Gasteiger partial charge is 0.345 e. The maximum absolute atomic E-state index is 13.7. The Morgan fingerprint density at radius 2 is 1.57 bits per heavy atom. The maximum atomic E-state index is 13.7. The van der Waals surface area contributed by atoms with Crippen molar-refractivity contribution in [2.45, 2.75) is 33.7 Å². The summed E-state index contributed by atoms with van der Waals surface area (Å²) in [6.45, 7) is 7.63. The lowest BCUT2D eigenvalue weighted by Gasteiger charge is -2.18. The Labute approximate surface area is 133 Å². The fraction of sp³-hybridized carbons (Fsp3) is 0.278. The first kappa shape index (κ1) is 17.1. The van der Waals surface area contributed by atoms with Crippen molar-refractivity contribution in [1.29, 1.82) is 0 Å². The standard InChI is InChI=1S/C18H18F3NO/c1-9-7-11(3)14(8-10(9)2)12(4)22-18(23)13-5-6-15(19)17(21)16(13)20/h5-8,12H,1-4H3,(H,22,23)/t12-/m1/s1. The molecule has 0 aliphatic rings. The summed E-state index contributed by atoms with van der Waals surface area (Å²) in [4.78, 5) is 12.1. The van der Waals surface area contributed by atoms with E-state index < -0.39 is 35.0 Å². The molecule has 1 atom stereocenters. The van der Waals surface area contributed by atoms with Gasteiger partial charge in [0.25, 0.3) is 5.91 Å². The van der Waals surface area contributed by atoms with E-state index in [1.165, 1.54) is 0 Å². The van der Waals surface area contributed by atoms with Gasteiger partial charge in [0.1, 0.15) is 0 Å². The van der Waals surface area contributed by atoms with Gasteiger partial charge in [-0.05, 0) is 62.1 Å². The second-order valence-corrected chi connectivity index (χ2v) is 5.71. The molecule has 2 nitrogen and oxygen atoms in total. The van der Waals surface area contributed by atoms with Crippen molar-refractivity contribution in [1.82, 2.24) is 5.32 Å². The molecule has 122 valence electrons. The van der Waals surface area contributed by atoms with Crippen LogP contribution in [0, 0.1) is 38.2 Å². The second-order valence-electron chi connectivity index (χ2n) is 5.71. The molecule has 0 aliphatic carbocycles. The molecule has 2 aromatic rings. The second kappa shape index (κ2) is 6.44. The highest BCUT2D eigenvalue weighted by Gasteiger charge is 2.21. The van der Waals surface area contributed by atoms with E-state index in [9.17, 15) is 18.0 Å². The predicted molar refractivity (Wildman–Crippen MR) is 82.9 cm³/mol. The first-order valence-corrected chi connectivity index (χ1v) is 7.24. The van der Waals surface area contributed by atoms with E-state index in [1.807, 2.05) is 32.9 Å². The molecule has 2 aromatic carbocycles. The normalized spacial score (nSPS) is 12.1. The summed E-state index contributed by atoms with van der Waals surface area (Å²) in [5, 5.41) is 2.62. The summed E-state index contributed by atoms with van der Waals surface area (Å²) in [7, 11) is 0. The number of amides is 1. The van der Waals surface area contributed by atoms with E-state index in [0.717, 1.165) is 34.4 Å². The summed E-state index contributed by atoms with van der Waals surface area (Å²) in [6, 6.07) is 5.24. The zero-order valence-corrected chi connectivity index (χ0v) is 13.4. The van der Waals surface area contributed by atoms with Gasteiger partial charge in [0.05, 0.1) is 11.6 Å². The highest BCUT2D eigenvalue weighted by Crippen LogP contribution is 2.23. The number of hydrogen-bond donors (Lipinski definition) is 1. The SMILES string of the molecule is Cc1cc(C)c([C@@H](C)NC(=O)c2ccc(F)c(F)c2F)cc1C. The smallest absolute Gasteiger partial charge is 0.254 e. The van der Waals surface area contributed by atoms with Gasteiger partial charge in [-0.2, -0.15) is 0 Å². The van der Waals surface area contributed by atoms with Gasteiger partial charge in [0, 0.05) is 0 Å². The molecule has 5 heteroatoms. The third-order valence-corrected chi connectivity index (χ3v) is 3.98. The van der Waals surface area contributed by atoms with Crippen LogP contribution in [-0.2, 0) is 0 Å². The fourth-order valence-electron chi connectivity index (χ4n) is 2.50. The Bertz CT molecular complexity index is 771. The molecule has 1 amide bonds. The Hall–Kier alpha value is -2.30. The number of carbonyl (C=O) groups is 1. The van der Waals surface area contributed by atoms with E-state index in [2.05, 4.69) is 5.32 Å². The molecule has 0 fully saturated rings. The van der Waals surface area contributed by atoms with Crippen LogP contribution in [0.2, 0.25) is 0 Å². The molecule has 0 aromatic heterocycles. The maximum Gasteiger partial charge on any atom is 0.254 e. The average Bonchev–Trinajstić information content (AvgIpc) is 2.48. The topological polar surface area (TPSA) is 29.1 Å². The Morgan fingerprint density at radius 3 is 2.22 bits per heavy atom. The van der Waals surface area contributed by atoms with Crippen LogP contribution in [0.1, 0.15) is 45.6 Å². The molecule has 0 aliphatic heterocycles. The molecule has 0 saturated heterocycles. The monoisotopic (exact) mass is 321 g/mol. The summed E-state index contributed by atoms with van der Waals surface area (Å²) >= 11 is 0. The van der Waals surface area contributed by atoms with Crippen LogP contribution in [-0.4, -0.2) is 5.91 Å². The lowest BCUT2D eigenvalue weighted by Crippen LogP contribution is -2.28. The quantitative estimate of drug-likeness (QED) is 0.827. The number of nitrogens with one attached hydrogen (secondary N) is 1. The minimum atomic E-state index is -1.65. The lowest BCUT2D eigenvalue weighted by molar-refractivity contribution is 0.0934. The third kappa shape index (κ3) is 3.38. The van der Waals surface area contributed by atoms with Crippen molar-refractivity contribution in [3.63, 3.8) is 0 Å². The number of hydrogen-bond acceptors (Lipinski definition) is 1. The van der Waals surface area contributed by atoms with Crippen LogP contribution in [0.25, 0.3) is 0 Å².